The monoisotopic (exact) mass is 101 g/mol. The lowest BCUT2D eigenvalue weighted by Crippen LogP contribution is -2.00. The maximum absolute atomic E-state index is 9.71. The topological polar surface area (TPSA) is 43.4 Å². The van der Waals surface area contributed by atoms with E-state index in [0.717, 1.165) is 0 Å². The van der Waals surface area contributed by atoms with E-state index >= 15 is 0 Å². The van der Waals surface area contributed by atoms with Gasteiger partial charge < -0.3 is 4.74 Å². The van der Waals surface area contributed by atoms with Gasteiger partial charge in [-0.15, -0.1) is 0 Å². The minimum Gasteiger partial charge on any atom is -0.458 e. The first-order valence-electron chi connectivity index (χ1n) is 1.69. The second-order valence-corrected chi connectivity index (χ2v) is 0.850. The van der Waals surface area contributed by atoms with Crippen molar-refractivity contribution in [2.24, 2.45) is 0 Å². The van der Waals surface area contributed by atoms with Crippen LogP contribution in [0.4, 0.5) is 0 Å². The first-order chi connectivity index (χ1) is 3.27. The van der Waals surface area contributed by atoms with Crippen molar-refractivity contribution in [3.63, 3.8) is 0 Å². The summed E-state index contributed by atoms with van der Waals surface area (Å²) >= 11 is 0. The van der Waals surface area contributed by atoms with E-state index < -0.39 is 5.97 Å². The Bertz CT molecular complexity index is 77.0. The molecule has 0 aliphatic heterocycles. The molecule has 7 heavy (non-hydrogen) atoms. The van der Waals surface area contributed by atoms with Gasteiger partial charge in [-0.25, -0.2) is 0 Å². The zero-order chi connectivity index (χ0) is 5.70. The normalized spacial score (nSPS) is 7.57. The fourth-order valence-electron chi connectivity index (χ4n) is 0.127. The highest BCUT2D eigenvalue weighted by atomic mass is 16.5. The first-order valence-corrected chi connectivity index (χ1v) is 1.69. The molecule has 0 amide bonds. The van der Waals surface area contributed by atoms with Crippen molar-refractivity contribution in [3.05, 3.63) is 6.92 Å². The number of carbonyl (C=O) groups is 2. The molecule has 39 valence electrons. The lowest BCUT2D eigenvalue weighted by Gasteiger charge is -1.88. The van der Waals surface area contributed by atoms with Crippen LogP contribution in [-0.4, -0.2) is 18.9 Å². The summed E-state index contributed by atoms with van der Waals surface area (Å²) in [7, 11) is 0. The highest BCUT2D eigenvalue weighted by Crippen LogP contribution is 1.67. The van der Waals surface area contributed by atoms with Gasteiger partial charge in [-0.2, -0.15) is 0 Å². The average Bonchev–Trinajstić information content (AvgIpc) is 1.61. The lowest BCUT2D eigenvalue weighted by atomic mass is 10.8. The molecule has 3 heteroatoms. The van der Waals surface area contributed by atoms with E-state index in [0.29, 0.717) is 6.29 Å². The van der Waals surface area contributed by atoms with Gasteiger partial charge in [0.05, 0.1) is 6.92 Å². The minimum atomic E-state index is -0.674. The molecule has 0 bridgehead atoms. The van der Waals surface area contributed by atoms with Gasteiger partial charge in [0.1, 0.15) is 6.61 Å². The van der Waals surface area contributed by atoms with Crippen molar-refractivity contribution in [3.8, 4) is 0 Å². The molecule has 0 saturated carbocycles. The molecule has 0 aliphatic carbocycles. The van der Waals surface area contributed by atoms with Crippen molar-refractivity contribution in [2.75, 3.05) is 6.61 Å². The molecule has 1 radical (unpaired) electrons. The molecule has 0 unspecified atom stereocenters. The second kappa shape index (κ2) is 3.33. The zero-order valence-electron chi connectivity index (χ0n) is 3.72. The van der Waals surface area contributed by atoms with Gasteiger partial charge in [-0.1, -0.05) is 0 Å². The van der Waals surface area contributed by atoms with Crippen LogP contribution in [-0.2, 0) is 14.3 Å². The molecule has 0 aromatic carbocycles. The zero-order valence-corrected chi connectivity index (χ0v) is 3.72. The quantitative estimate of drug-likeness (QED) is 0.350. The Morgan fingerprint density at radius 2 is 2.43 bits per heavy atom. The second-order valence-electron chi connectivity index (χ2n) is 0.850. The summed E-state index contributed by atoms with van der Waals surface area (Å²) in [6.45, 7) is 2.66. The smallest absolute Gasteiger partial charge is 0.306 e. The number of aldehydes is 1. The molecule has 0 spiro atoms. The SMILES string of the molecule is [CH2]C(=O)OCC=O. The van der Waals surface area contributed by atoms with Gasteiger partial charge in [0.15, 0.2) is 6.29 Å². The Balaban J connectivity index is 2.97. The van der Waals surface area contributed by atoms with Gasteiger partial charge in [-0.05, 0) is 0 Å². The van der Waals surface area contributed by atoms with Crippen molar-refractivity contribution in [1.82, 2.24) is 0 Å². The molecule has 0 fully saturated rings. The van der Waals surface area contributed by atoms with E-state index in [1.807, 2.05) is 0 Å². The van der Waals surface area contributed by atoms with E-state index in [2.05, 4.69) is 11.7 Å². The van der Waals surface area contributed by atoms with Crippen molar-refractivity contribution in [1.29, 1.82) is 0 Å². The van der Waals surface area contributed by atoms with Crippen LogP contribution in [0.15, 0.2) is 0 Å². The van der Waals surface area contributed by atoms with E-state index in [1.54, 1.807) is 0 Å². The molecule has 0 rings (SSSR count). The largest absolute Gasteiger partial charge is 0.458 e. The number of ether oxygens (including phenoxy) is 1. The average molecular weight is 101 g/mol. The van der Waals surface area contributed by atoms with Crippen LogP contribution < -0.4 is 0 Å². The predicted octanol–water partition coefficient (Wildman–Crippen LogP) is -0.437. The van der Waals surface area contributed by atoms with E-state index in [9.17, 15) is 9.59 Å². The van der Waals surface area contributed by atoms with Crippen LogP contribution in [0.3, 0.4) is 0 Å². The van der Waals surface area contributed by atoms with Gasteiger partial charge >= 0.3 is 5.97 Å². The summed E-state index contributed by atoms with van der Waals surface area (Å²) in [5.41, 5.74) is 0. The summed E-state index contributed by atoms with van der Waals surface area (Å²) in [6.07, 6.45) is 0.489. The predicted molar refractivity (Wildman–Crippen MR) is 22.4 cm³/mol. The standard InChI is InChI=1S/C4H5O3/c1-4(6)7-3-2-5/h2H,1,3H2. The van der Waals surface area contributed by atoms with Crippen LogP contribution in [0, 0.1) is 6.92 Å². The summed E-state index contributed by atoms with van der Waals surface area (Å²) in [5.74, 6) is -0.674. The molecular weight excluding hydrogens is 96.0 g/mol. The third-order valence-corrected chi connectivity index (χ3v) is 0.312. The van der Waals surface area contributed by atoms with E-state index in [1.165, 1.54) is 0 Å². The number of hydrogen-bond acceptors (Lipinski definition) is 3. The molecule has 0 heterocycles. The Morgan fingerprint density at radius 1 is 1.86 bits per heavy atom. The summed E-state index contributed by atoms with van der Waals surface area (Å²) in [6, 6.07) is 0. The van der Waals surface area contributed by atoms with Gasteiger partial charge in [-0.3, -0.25) is 9.59 Å². The van der Waals surface area contributed by atoms with Crippen LogP contribution in [0.1, 0.15) is 0 Å². The highest BCUT2D eigenvalue weighted by molar-refractivity contribution is 5.75. The van der Waals surface area contributed by atoms with Crippen molar-refractivity contribution >= 4 is 12.3 Å². The van der Waals surface area contributed by atoms with Crippen molar-refractivity contribution in [2.45, 2.75) is 0 Å². The Kier molecular flexibility index (Phi) is 2.92. The van der Waals surface area contributed by atoms with Crippen LogP contribution in [0.2, 0.25) is 0 Å². The fraction of sp³-hybridized carbons (Fsp3) is 0.250. The molecule has 0 aliphatic rings. The number of rotatable bonds is 2. The Hall–Kier alpha value is -0.860. The number of hydrogen-bond donors (Lipinski definition) is 0. The number of esters is 1. The molecule has 3 nitrogen and oxygen atoms in total. The first kappa shape index (κ1) is 6.14. The van der Waals surface area contributed by atoms with E-state index in [4.69, 9.17) is 0 Å². The maximum Gasteiger partial charge on any atom is 0.306 e. The summed E-state index contributed by atoms with van der Waals surface area (Å²) in [5, 5.41) is 0. The highest BCUT2D eigenvalue weighted by Gasteiger charge is 1.85. The molecule has 0 atom stereocenters. The fourth-order valence-corrected chi connectivity index (χ4v) is 0.127. The molecule has 0 aromatic rings. The molecule has 0 aromatic heterocycles. The van der Waals surface area contributed by atoms with Gasteiger partial charge in [0.25, 0.3) is 0 Å². The maximum atomic E-state index is 9.71. The summed E-state index contributed by atoms with van der Waals surface area (Å²) < 4.78 is 4.07. The Labute approximate surface area is 41.3 Å². The Morgan fingerprint density at radius 3 is 2.57 bits per heavy atom. The van der Waals surface area contributed by atoms with Crippen molar-refractivity contribution < 1.29 is 14.3 Å². The van der Waals surface area contributed by atoms with E-state index in [-0.39, 0.29) is 6.61 Å². The van der Waals surface area contributed by atoms with Gasteiger partial charge in [0.2, 0.25) is 0 Å². The minimum absolute atomic E-state index is 0.192. The third kappa shape index (κ3) is 5.14. The summed E-state index contributed by atoms with van der Waals surface area (Å²) in [4.78, 5) is 19.1. The van der Waals surface area contributed by atoms with Crippen LogP contribution in [0.25, 0.3) is 0 Å². The van der Waals surface area contributed by atoms with Gasteiger partial charge in [0, 0.05) is 0 Å². The molecular formula is C4H5O3. The molecule has 0 saturated heterocycles. The third-order valence-electron chi connectivity index (χ3n) is 0.312. The van der Waals surface area contributed by atoms with Crippen LogP contribution in [0.5, 0.6) is 0 Å². The molecule has 0 N–H and O–H groups in total. The number of carbonyl (C=O) groups excluding carboxylic acids is 2. The lowest BCUT2D eigenvalue weighted by molar-refractivity contribution is -0.140. The van der Waals surface area contributed by atoms with Crippen LogP contribution >= 0.6 is 0 Å².